The van der Waals surface area contributed by atoms with Crippen LogP contribution in [0.4, 0.5) is 17.6 Å². The first-order valence-corrected chi connectivity index (χ1v) is 8.87. The van der Waals surface area contributed by atoms with Gasteiger partial charge in [0.05, 0.1) is 13.2 Å². The fourth-order valence-electron chi connectivity index (χ4n) is 3.43. The number of methoxy groups -OCH3 is 1. The zero-order chi connectivity index (χ0) is 21.6. The molecule has 30 heavy (non-hydrogen) atoms. The molecule has 0 radical (unpaired) electrons. The molecular weight excluding hydrogens is 406 g/mol. The van der Waals surface area contributed by atoms with Gasteiger partial charge in [-0.1, -0.05) is 23.4 Å². The van der Waals surface area contributed by atoms with Crippen molar-refractivity contribution in [2.24, 2.45) is 0 Å². The lowest BCUT2D eigenvalue weighted by Gasteiger charge is -2.26. The molecule has 2 heterocycles. The Bertz CT molecular complexity index is 1130. The Kier molecular flexibility index (Phi) is 4.71. The SMILES string of the molecule is COc1cc(F)ccc1C(C)N1Cc2ccc(-c3noc(C(F)(F)F)n3)cc2C1=O. The van der Waals surface area contributed by atoms with Crippen LogP contribution in [0, 0.1) is 5.82 Å². The molecule has 1 atom stereocenters. The van der Waals surface area contributed by atoms with Gasteiger partial charge in [-0.2, -0.15) is 18.2 Å². The van der Waals surface area contributed by atoms with E-state index in [0.29, 0.717) is 22.4 Å². The molecule has 3 aromatic rings. The molecule has 0 N–H and O–H groups in total. The number of fused-ring (bicyclic) bond motifs is 1. The number of hydrogen-bond donors (Lipinski definition) is 0. The number of nitrogens with zero attached hydrogens (tertiary/aromatic N) is 3. The largest absolute Gasteiger partial charge is 0.496 e. The van der Waals surface area contributed by atoms with Crippen LogP contribution in [-0.4, -0.2) is 28.1 Å². The van der Waals surface area contributed by atoms with Crippen LogP contribution >= 0.6 is 0 Å². The van der Waals surface area contributed by atoms with Gasteiger partial charge in [0, 0.05) is 29.3 Å². The lowest BCUT2D eigenvalue weighted by molar-refractivity contribution is -0.159. The second-order valence-corrected chi connectivity index (χ2v) is 6.79. The van der Waals surface area contributed by atoms with E-state index in [4.69, 9.17) is 4.74 Å². The zero-order valence-electron chi connectivity index (χ0n) is 15.8. The first-order valence-electron chi connectivity index (χ1n) is 8.87. The Morgan fingerprint density at radius 2 is 1.97 bits per heavy atom. The quantitative estimate of drug-likeness (QED) is 0.575. The summed E-state index contributed by atoms with van der Waals surface area (Å²) in [7, 11) is 1.41. The van der Waals surface area contributed by atoms with Crippen LogP contribution in [-0.2, 0) is 12.7 Å². The average molecular weight is 421 g/mol. The Morgan fingerprint density at radius 3 is 2.63 bits per heavy atom. The van der Waals surface area contributed by atoms with Gasteiger partial charge in [0.15, 0.2) is 0 Å². The van der Waals surface area contributed by atoms with E-state index in [1.54, 1.807) is 24.0 Å². The summed E-state index contributed by atoms with van der Waals surface area (Å²) in [5.41, 5.74) is 1.90. The van der Waals surface area contributed by atoms with Gasteiger partial charge in [0.1, 0.15) is 11.6 Å². The van der Waals surface area contributed by atoms with Crippen molar-refractivity contribution in [3.63, 3.8) is 0 Å². The number of ether oxygens (including phenoxy) is 1. The van der Waals surface area contributed by atoms with Crippen LogP contribution in [0.5, 0.6) is 5.75 Å². The Morgan fingerprint density at radius 1 is 1.20 bits per heavy atom. The van der Waals surface area contributed by atoms with Crippen molar-refractivity contribution in [3.8, 4) is 17.1 Å². The molecule has 1 aliphatic heterocycles. The third kappa shape index (κ3) is 3.38. The van der Waals surface area contributed by atoms with Crippen LogP contribution in [0.2, 0.25) is 0 Å². The Hall–Kier alpha value is -3.43. The topological polar surface area (TPSA) is 68.5 Å². The average Bonchev–Trinajstić information content (AvgIpc) is 3.32. The molecule has 0 saturated heterocycles. The van der Waals surface area contributed by atoms with Crippen molar-refractivity contribution >= 4 is 5.91 Å². The molecule has 1 unspecified atom stereocenters. The molecule has 0 saturated carbocycles. The highest BCUT2D eigenvalue weighted by atomic mass is 19.4. The molecule has 10 heteroatoms. The van der Waals surface area contributed by atoms with Crippen LogP contribution in [0.25, 0.3) is 11.4 Å². The van der Waals surface area contributed by atoms with E-state index in [1.165, 1.54) is 31.4 Å². The smallest absolute Gasteiger partial charge is 0.471 e. The molecule has 6 nitrogen and oxygen atoms in total. The van der Waals surface area contributed by atoms with E-state index < -0.39 is 23.9 Å². The zero-order valence-corrected chi connectivity index (χ0v) is 15.8. The first kappa shape index (κ1) is 19.9. The number of benzene rings is 2. The minimum atomic E-state index is -4.75. The molecule has 156 valence electrons. The molecule has 0 bridgehead atoms. The third-order valence-corrected chi connectivity index (χ3v) is 4.98. The summed E-state index contributed by atoms with van der Waals surface area (Å²) in [4.78, 5) is 17.9. The molecule has 0 aliphatic carbocycles. The normalized spacial score (nSPS) is 14.7. The first-order chi connectivity index (χ1) is 14.2. The Balaban J connectivity index is 1.63. The van der Waals surface area contributed by atoms with E-state index in [2.05, 4.69) is 14.7 Å². The number of aromatic nitrogens is 2. The molecule has 0 spiro atoms. The van der Waals surface area contributed by atoms with Crippen LogP contribution < -0.4 is 4.74 Å². The number of amides is 1. The minimum Gasteiger partial charge on any atom is -0.496 e. The van der Waals surface area contributed by atoms with Crippen molar-refractivity contribution < 1.29 is 31.6 Å². The van der Waals surface area contributed by atoms with E-state index in [9.17, 15) is 22.4 Å². The van der Waals surface area contributed by atoms with Crippen LogP contribution in [0.15, 0.2) is 40.9 Å². The molecule has 1 aliphatic rings. The molecule has 1 amide bonds. The van der Waals surface area contributed by atoms with Crippen molar-refractivity contribution in [3.05, 3.63) is 64.8 Å². The van der Waals surface area contributed by atoms with Gasteiger partial charge in [-0.05, 0) is 24.6 Å². The number of carbonyl (C=O) groups excluding carboxylic acids is 1. The van der Waals surface area contributed by atoms with Crippen molar-refractivity contribution in [2.45, 2.75) is 25.7 Å². The van der Waals surface area contributed by atoms with Gasteiger partial charge < -0.3 is 14.2 Å². The molecule has 1 aromatic heterocycles. The standard InChI is InChI=1S/C20H15F4N3O3/c1-10(14-6-5-13(21)8-16(14)29-2)27-9-12-4-3-11(7-15(12)18(27)28)17-25-19(30-26-17)20(22,23)24/h3-8,10H,9H2,1-2H3. The van der Waals surface area contributed by atoms with Crippen LogP contribution in [0.1, 0.15) is 40.3 Å². The summed E-state index contributed by atoms with van der Waals surface area (Å²) in [6.07, 6.45) is -4.75. The van der Waals surface area contributed by atoms with Crippen molar-refractivity contribution in [1.82, 2.24) is 15.0 Å². The Labute approximate surface area is 168 Å². The van der Waals surface area contributed by atoms with E-state index >= 15 is 0 Å². The molecule has 4 rings (SSSR count). The monoisotopic (exact) mass is 421 g/mol. The van der Waals surface area contributed by atoms with E-state index in [1.807, 2.05) is 0 Å². The second-order valence-electron chi connectivity index (χ2n) is 6.79. The van der Waals surface area contributed by atoms with Crippen LogP contribution in [0.3, 0.4) is 0 Å². The number of rotatable bonds is 4. The minimum absolute atomic E-state index is 0.232. The van der Waals surface area contributed by atoms with E-state index in [-0.39, 0.29) is 23.8 Å². The highest BCUT2D eigenvalue weighted by Crippen LogP contribution is 2.37. The highest BCUT2D eigenvalue weighted by Gasteiger charge is 2.39. The maximum absolute atomic E-state index is 13.5. The number of hydrogen-bond acceptors (Lipinski definition) is 5. The molecule has 0 fully saturated rings. The highest BCUT2D eigenvalue weighted by molar-refractivity contribution is 5.99. The summed E-state index contributed by atoms with van der Waals surface area (Å²) in [5.74, 6) is -2.17. The summed E-state index contributed by atoms with van der Waals surface area (Å²) < 4.78 is 61.1. The number of alkyl halides is 3. The molecule has 2 aromatic carbocycles. The fourth-order valence-corrected chi connectivity index (χ4v) is 3.43. The van der Waals surface area contributed by atoms with Crippen molar-refractivity contribution in [2.75, 3.05) is 7.11 Å². The number of carbonyl (C=O) groups is 1. The van der Waals surface area contributed by atoms with Gasteiger partial charge in [-0.15, -0.1) is 0 Å². The van der Waals surface area contributed by atoms with E-state index in [0.717, 1.165) is 0 Å². The third-order valence-electron chi connectivity index (χ3n) is 4.98. The van der Waals surface area contributed by atoms with Gasteiger partial charge in [0.2, 0.25) is 5.82 Å². The summed E-state index contributed by atoms with van der Waals surface area (Å²) >= 11 is 0. The lowest BCUT2D eigenvalue weighted by atomic mass is 10.1. The van der Waals surface area contributed by atoms with Crippen molar-refractivity contribution in [1.29, 1.82) is 0 Å². The number of halogens is 4. The maximum Gasteiger partial charge on any atom is 0.471 e. The van der Waals surface area contributed by atoms with Gasteiger partial charge in [-0.25, -0.2) is 4.39 Å². The van der Waals surface area contributed by atoms with Gasteiger partial charge in [0.25, 0.3) is 5.91 Å². The fraction of sp³-hybridized carbons (Fsp3) is 0.250. The predicted molar refractivity (Wildman–Crippen MR) is 96.0 cm³/mol. The lowest BCUT2D eigenvalue weighted by Crippen LogP contribution is -2.27. The second kappa shape index (κ2) is 7.12. The summed E-state index contributed by atoms with van der Waals surface area (Å²) in [5, 5.41) is 3.35. The predicted octanol–water partition coefficient (Wildman–Crippen LogP) is 4.62. The van der Waals surface area contributed by atoms with Gasteiger partial charge >= 0.3 is 12.1 Å². The molecular formula is C20H15F4N3O3. The summed E-state index contributed by atoms with van der Waals surface area (Å²) in [6.45, 7) is 2.07. The summed E-state index contributed by atoms with van der Waals surface area (Å²) in [6, 6.07) is 8.27. The van der Waals surface area contributed by atoms with Gasteiger partial charge in [-0.3, -0.25) is 4.79 Å². The maximum atomic E-state index is 13.5.